The van der Waals surface area contributed by atoms with E-state index in [2.05, 4.69) is 0 Å². The normalized spacial score (nSPS) is 23.3. The summed E-state index contributed by atoms with van der Waals surface area (Å²) in [5.74, 6) is -0.786. The molecule has 1 aromatic heterocycles. The van der Waals surface area contributed by atoms with Gasteiger partial charge < -0.3 is 10.0 Å². The lowest BCUT2D eigenvalue weighted by molar-refractivity contribution is -0.147. The molecule has 0 radical (unpaired) electrons. The van der Waals surface area contributed by atoms with Crippen molar-refractivity contribution in [1.29, 1.82) is 0 Å². The lowest BCUT2D eigenvalue weighted by Gasteiger charge is -2.19. The molecule has 98 valence electrons. The number of hydrogen-bond acceptors (Lipinski definition) is 3. The first-order valence-electron chi connectivity index (χ1n) is 5.97. The average Bonchev–Trinajstić information content (AvgIpc) is 2.86. The second-order valence-corrected chi connectivity index (χ2v) is 6.49. The number of thiophene rings is 1. The van der Waals surface area contributed by atoms with Gasteiger partial charge in [0.2, 0.25) is 5.91 Å². The molecule has 0 aliphatic carbocycles. The Kier molecular flexibility index (Phi) is 3.43. The number of hydrogen-bond donors (Lipinski definition) is 1. The van der Waals surface area contributed by atoms with Crippen LogP contribution in [0.5, 0.6) is 0 Å². The van der Waals surface area contributed by atoms with Crippen LogP contribution < -0.4 is 0 Å². The van der Waals surface area contributed by atoms with Crippen LogP contribution >= 0.6 is 11.3 Å². The molecule has 1 amide bonds. The molecule has 4 nitrogen and oxygen atoms in total. The lowest BCUT2D eigenvalue weighted by Crippen LogP contribution is -2.35. The van der Waals surface area contributed by atoms with Gasteiger partial charge in [-0.2, -0.15) is 0 Å². The molecule has 2 heterocycles. The number of aliphatic carboxylic acids is 1. The average molecular weight is 267 g/mol. The molecular weight excluding hydrogens is 250 g/mol. The SMILES string of the molecule is Cc1ccc(CC(=O)N2CC[C@](C)(C(=O)O)C2)s1. The summed E-state index contributed by atoms with van der Waals surface area (Å²) in [6.45, 7) is 4.59. The fourth-order valence-corrected chi connectivity index (χ4v) is 3.07. The van der Waals surface area contributed by atoms with Crippen molar-refractivity contribution in [3.05, 3.63) is 21.9 Å². The summed E-state index contributed by atoms with van der Waals surface area (Å²) in [5.41, 5.74) is -0.777. The Morgan fingerprint density at radius 3 is 2.72 bits per heavy atom. The van der Waals surface area contributed by atoms with Gasteiger partial charge in [-0.3, -0.25) is 9.59 Å². The van der Waals surface area contributed by atoms with E-state index in [0.717, 1.165) is 4.88 Å². The van der Waals surface area contributed by atoms with Gasteiger partial charge in [0.15, 0.2) is 0 Å². The van der Waals surface area contributed by atoms with Crippen molar-refractivity contribution in [3.63, 3.8) is 0 Å². The van der Waals surface area contributed by atoms with Gasteiger partial charge in [0.05, 0.1) is 11.8 Å². The van der Waals surface area contributed by atoms with Crippen molar-refractivity contribution in [2.45, 2.75) is 26.7 Å². The number of nitrogens with zero attached hydrogens (tertiary/aromatic N) is 1. The van der Waals surface area contributed by atoms with Crippen LogP contribution in [0.3, 0.4) is 0 Å². The van der Waals surface area contributed by atoms with Crippen LogP contribution in [0.25, 0.3) is 0 Å². The van der Waals surface area contributed by atoms with Crippen LogP contribution in [0.15, 0.2) is 12.1 Å². The monoisotopic (exact) mass is 267 g/mol. The predicted octanol–water partition coefficient (Wildman–Crippen LogP) is 1.92. The van der Waals surface area contributed by atoms with Gasteiger partial charge in [0, 0.05) is 22.8 Å². The minimum absolute atomic E-state index is 0.0295. The Balaban J connectivity index is 1.98. The first-order valence-corrected chi connectivity index (χ1v) is 6.79. The third-order valence-corrected chi connectivity index (χ3v) is 4.46. The first kappa shape index (κ1) is 13.1. The van der Waals surface area contributed by atoms with Gasteiger partial charge in [0.1, 0.15) is 0 Å². The molecule has 18 heavy (non-hydrogen) atoms. The van der Waals surface area contributed by atoms with Crippen molar-refractivity contribution in [3.8, 4) is 0 Å². The van der Waals surface area contributed by atoms with Gasteiger partial charge in [-0.25, -0.2) is 0 Å². The van der Waals surface area contributed by atoms with Crippen LogP contribution in [0, 0.1) is 12.3 Å². The molecule has 0 unspecified atom stereocenters. The van der Waals surface area contributed by atoms with Crippen molar-refractivity contribution < 1.29 is 14.7 Å². The number of rotatable bonds is 3. The molecule has 5 heteroatoms. The highest BCUT2D eigenvalue weighted by Crippen LogP contribution is 2.30. The highest BCUT2D eigenvalue weighted by atomic mass is 32.1. The van der Waals surface area contributed by atoms with Crippen molar-refractivity contribution >= 4 is 23.2 Å². The molecule has 2 rings (SSSR count). The van der Waals surface area contributed by atoms with Gasteiger partial charge >= 0.3 is 5.97 Å². The molecule has 0 aromatic carbocycles. The fraction of sp³-hybridized carbons (Fsp3) is 0.538. The quantitative estimate of drug-likeness (QED) is 0.910. The molecule has 1 saturated heterocycles. The largest absolute Gasteiger partial charge is 0.481 e. The van der Waals surface area contributed by atoms with E-state index in [1.54, 1.807) is 23.2 Å². The maximum atomic E-state index is 12.1. The second kappa shape index (κ2) is 4.72. The summed E-state index contributed by atoms with van der Waals surface area (Å²) < 4.78 is 0. The van der Waals surface area contributed by atoms with E-state index in [4.69, 9.17) is 5.11 Å². The minimum atomic E-state index is -0.815. The molecule has 0 saturated carbocycles. The van der Waals surface area contributed by atoms with Crippen molar-refractivity contribution in [1.82, 2.24) is 4.90 Å². The van der Waals surface area contributed by atoms with E-state index >= 15 is 0 Å². The molecule has 1 N–H and O–H groups in total. The third-order valence-electron chi connectivity index (χ3n) is 3.46. The topological polar surface area (TPSA) is 57.6 Å². The van der Waals surface area contributed by atoms with Gasteiger partial charge in [0.25, 0.3) is 0 Å². The zero-order valence-electron chi connectivity index (χ0n) is 10.6. The van der Waals surface area contributed by atoms with E-state index in [1.165, 1.54) is 4.88 Å². The highest BCUT2D eigenvalue weighted by Gasteiger charge is 2.41. The molecule has 1 fully saturated rings. The zero-order chi connectivity index (χ0) is 13.3. The Morgan fingerprint density at radius 2 is 2.22 bits per heavy atom. The number of carbonyl (C=O) groups excluding carboxylic acids is 1. The molecule has 1 aromatic rings. The molecule has 0 spiro atoms. The Labute approximate surface area is 110 Å². The third kappa shape index (κ3) is 2.56. The Bertz CT molecular complexity index is 482. The second-order valence-electron chi connectivity index (χ2n) is 5.12. The molecule has 0 bridgehead atoms. The summed E-state index contributed by atoms with van der Waals surface area (Å²) in [4.78, 5) is 27.1. The summed E-state index contributed by atoms with van der Waals surface area (Å²) in [7, 11) is 0. The van der Waals surface area contributed by atoms with Crippen LogP contribution in [-0.2, 0) is 16.0 Å². The van der Waals surface area contributed by atoms with E-state index in [1.807, 2.05) is 19.1 Å². The predicted molar refractivity (Wildman–Crippen MR) is 69.7 cm³/mol. The van der Waals surface area contributed by atoms with Crippen LogP contribution in [0.4, 0.5) is 0 Å². The Morgan fingerprint density at radius 1 is 1.50 bits per heavy atom. The zero-order valence-corrected chi connectivity index (χ0v) is 11.4. The molecular formula is C13H17NO3S. The molecule has 1 aliphatic heterocycles. The van der Waals surface area contributed by atoms with E-state index in [-0.39, 0.29) is 5.91 Å². The summed E-state index contributed by atoms with van der Waals surface area (Å²) in [5, 5.41) is 9.13. The van der Waals surface area contributed by atoms with Crippen LogP contribution in [0.1, 0.15) is 23.1 Å². The lowest BCUT2D eigenvalue weighted by atomic mass is 9.90. The van der Waals surface area contributed by atoms with Crippen LogP contribution in [-0.4, -0.2) is 35.0 Å². The highest BCUT2D eigenvalue weighted by molar-refractivity contribution is 7.12. The van der Waals surface area contributed by atoms with E-state index in [0.29, 0.717) is 25.9 Å². The summed E-state index contributed by atoms with van der Waals surface area (Å²) >= 11 is 1.62. The maximum Gasteiger partial charge on any atom is 0.311 e. The van der Waals surface area contributed by atoms with Crippen molar-refractivity contribution in [2.24, 2.45) is 5.41 Å². The number of carbonyl (C=O) groups is 2. The van der Waals surface area contributed by atoms with Gasteiger partial charge in [-0.15, -0.1) is 11.3 Å². The fourth-order valence-electron chi connectivity index (χ4n) is 2.19. The Hall–Kier alpha value is -1.36. The van der Waals surface area contributed by atoms with E-state index in [9.17, 15) is 9.59 Å². The van der Waals surface area contributed by atoms with Gasteiger partial charge in [-0.05, 0) is 32.4 Å². The van der Waals surface area contributed by atoms with E-state index < -0.39 is 11.4 Å². The number of carboxylic acid groups (broad SMARTS) is 1. The number of aryl methyl sites for hydroxylation is 1. The maximum absolute atomic E-state index is 12.1. The number of carboxylic acids is 1. The van der Waals surface area contributed by atoms with Gasteiger partial charge in [-0.1, -0.05) is 0 Å². The first-order chi connectivity index (χ1) is 8.40. The number of likely N-dealkylation sites (tertiary alicyclic amines) is 1. The molecule has 1 atom stereocenters. The molecule has 1 aliphatic rings. The van der Waals surface area contributed by atoms with Crippen molar-refractivity contribution in [2.75, 3.05) is 13.1 Å². The summed E-state index contributed by atoms with van der Waals surface area (Å²) in [6, 6.07) is 3.96. The summed E-state index contributed by atoms with van der Waals surface area (Å²) in [6.07, 6.45) is 0.922. The van der Waals surface area contributed by atoms with Crippen LogP contribution in [0.2, 0.25) is 0 Å². The standard InChI is InChI=1S/C13H17NO3S/c1-9-3-4-10(18-9)7-11(15)14-6-5-13(2,8-14)12(16)17/h3-4H,5-8H2,1-2H3,(H,16,17)/t13-/m0/s1. The minimum Gasteiger partial charge on any atom is -0.481 e. The number of amides is 1. The smallest absolute Gasteiger partial charge is 0.311 e.